The lowest BCUT2D eigenvalue weighted by molar-refractivity contribution is -0.145. The lowest BCUT2D eigenvalue weighted by Gasteiger charge is -2.43. The Labute approximate surface area is 133 Å². The molecule has 1 fully saturated rings. The Morgan fingerprint density at radius 1 is 1.32 bits per heavy atom. The molecule has 0 spiro atoms. The van der Waals surface area contributed by atoms with Crippen LogP contribution >= 0.6 is 11.6 Å². The molecule has 1 unspecified atom stereocenters. The average Bonchev–Trinajstić information content (AvgIpc) is 2.87. The van der Waals surface area contributed by atoms with Crippen LogP contribution in [0.4, 0.5) is 8.78 Å². The molecule has 5 heteroatoms. The maximum Gasteiger partial charge on any atom is 0.272 e. The summed E-state index contributed by atoms with van der Waals surface area (Å²) in [7, 11) is 0. The molecule has 118 valence electrons. The minimum Gasteiger partial charge on any atom is -0.361 e. The van der Waals surface area contributed by atoms with Gasteiger partial charge in [-0.3, -0.25) is 4.90 Å². The minimum atomic E-state index is -2.52. The molecule has 1 aromatic heterocycles. The molecule has 1 aliphatic rings. The summed E-state index contributed by atoms with van der Waals surface area (Å²) in [6.45, 7) is -0.287. The van der Waals surface area contributed by atoms with Crippen LogP contribution in [0.3, 0.4) is 0 Å². The molecule has 1 atom stereocenters. The Morgan fingerprint density at radius 2 is 2.09 bits per heavy atom. The van der Waals surface area contributed by atoms with Crippen molar-refractivity contribution in [3.05, 3.63) is 42.1 Å². The van der Waals surface area contributed by atoms with E-state index in [-0.39, 0.29) is 19.1 Å². The Balaban J connectivity index is 1.64. The molecule has 0 saturated carbocycles. The van der Waals surface area contributed by atoms with Gasteiger partial charge in [-0.05, 0) is 24.5 Å². The number of H-pyrrole nitrogens is 1. The first-order chi connectivity index (χ1) is 10.6. The quantitative estimate of drug-likeness (QED) is 0.774. The van der Waals surface area contributed by atoms with Crippen molar-refractivity contribution >= 4 is 28.6 Å². The van der Waals surface area contributed by atoms with E-state index in [4.69, 9.17) is 11.6 Å². The van der Waals surface area contributed by atoms with Crippen LogP contribution in [0.1, 0.15) is 18.4 Å². The number of alkyl halides is 3. The third-order valence-corrected chi connectivity index (χ3v) is 4.37. The van der Waals surface area contributed by atoms with Crippen LogP contribution < -0.4 is 0 Å². The van der Waals surface area contributed by atoms with Gasteiger partial charge in [0, 0.05) is 29.0 Å². The highest BCUT2D eigenvalue weighted by Crippen LogP contribution is 2.31. The molecule has 1 saturated heterocycles. The molecule has 0 aliphatic carbocycles. The number of nitrogens with one attached hydrogen (secondary N) is 1. The van der Waals surface area contributed by atoms with Gasteiger partial charge in [0.15, 0.2) is 0 Å². The molecular weight excluding hydrogens is 306 g/mol. The predicted octanol–water partition coefficient (Wildman–Crippen LogP) is 4.52. The maximum atomic E-state index is 13.0. The van der Waals surface area contributed by atoms with Crippen LogP contribution in [0, 0.1) is 0 Å². The molecule has 1 aliphatic heterocycles. The topological polar surface area (TPSA) is 19.0 Å². The van der Waals surface area contributed by atoms with Crippen molar-refractivity contribution in [2.45, 2.75) is 24.8 Å². The number of hydrogen-bond donors (Lipinski definition) is 1. The molecule has 3 rings (SSSR count). The molecule has 22 heavy (non-hydrogen) atoms. The number of hydrogen-bond acceptors (Lipinski definition) is 1. The fraction of sp³-hybridized carbons (Fsp3) is 0.412. The largest absolute Gasteiger partial charge is 0.361 e. The summed E-state index contributed by atoms with van der Waals surface area (Å²) < 4.78 is 26.0. The first-order valence-corrected chi connectivity index (χ1v) is 8.03. The zero-order chi connectivity index (χ0) is 15.6. The van der Waals surface area contributed by atoms with E-state index >= 15 is 0 Å². The summed E-state index contributed by atoms with van der Waals surface area (Å²) in [5, 5.41) is 1.17. The van der Waals surface area contributed by atoms with Gasteiger partial charge in [-0.1, -0.05) is 30.4 Å². The van der Waals surface area contributed by atoms with Crippen molar-refractivity contribution in [2.75, 3.05) is 19.0 Å². The average molecular weight is 325 g/mol. The summed E-state index contributed by atoms with van der Waals surface area (Å²) in [4.78, 5) is 5.05. The number of para-hydroxylation sites is 1. The molecule has 1 N–H and O–H groups in total. The fourth-order valence-electron chi connectivity index (χ4n) is 2.97. The van der Waals surface area contributed by atoms with E-state index in [0.717, 1.165) is 23.9 Å². The van der Waals surface area contributed by atoms with Gasteiger partial charge in [0.05, 0.1) is 13.1 Å². The van der Waals surface area contributed by atoms with E-state index in [1.165, 1.54) is 5.39 Å². The monoisotopic (exact) mass is 324 g/mol. The van der Waals surface area contributed by atoms with Crippen LogP contribution in [0.2, 0.25) is 0 Å². The fourth-order valence-corrected chi connectivity index (χ4v) is 3.22. The van der Waals surface area contributed by atoms with Crippen LogP contribution in [0.25, 0.3) is 17.0 Å². The van der Waals surface area contributed by atoms with E-state index in [1.807, 2.05) is 29.3 Å². The first kappa shape index (κ1) is 15.5. The third-order valence-electron chi connectivity index (χ3n) is 4.15. The zero-order valence-corrected chi connectivity index (χ0v) is 13.0. The number of nitrogens with zero attached hydrogens (tertiary/aromatic N) is 1. The lowest BCUT2D eigenvalue weighted by atomic mass is 10.0. The van der Waals surface area contributed by atoms with Crippen LogP contribution in [-0.2, 0) is 0 Å². The number of fused-ring (bicyclic) bond motifs is 1. The van der Waals surface area contributed by atoms with Crippen LogP contribution in [0.5, 0.6) is 0 Å². The number of halogens is 3. The normalized spacial score (nSPS) is 19.6. The van der Waals surface area contributed by atoms with Gasteiger partial charge in [0.25, 0.3) is 5.92 Å². The first-order valence-electron chi connectivity index (χ1n) is 7.49. The number of likely N-dealkylation sites (tertiary alicyclic amines) is 1. The number of aromatic amines is 1. The van der Waals surface area contributed by atoms with Gasteiger partial charge in [-0.2, -0.15) is 0 Å². The third kappa shape index (κ3) is 3.33. The van der Waals surface area contributed by atoms with Gasteiger partial charge >= 0.3 is 0 Å². The highest BCUT2D eigenvalue weighted by Gasteiger charge is 2.45. The van der Waals surface area contributed by atoms with E-state index in [1.54, 1.807) is 0 Å². The second-order valence-corrected chi connectivity index (χ2v) is 6.20. The van der Waals surface area contributed by atoms with E-state index in [9.17, 15) is 8.78 Å². The van der Waals surface area contributed by atoms with Crippen LogP contribution in [0.15, 0.2) is 36.5 Å². The Morgan fingerprint density at radius 3 is 2.82 bits per heavy atom. The highest BCUT2D eigenvalue weighted by molar-refractivity contribution is 6.17. The van der Waals surface area contributed by atoms with Crippen LogP contribution in [-0.4, -0.2) is 40.8 Å². The van der Waals surface area contributed by atoms with Crippen molar-refractivity contribution in [2.24, 2.45) is 0 Å². The Bertz CT molecular complexity index is 657. The zero-order valence-electron chi connectivity index (χ0n) is 12.2. The number of rotatable bonds is 6. The summed E-state index contributed by atoms with van der Waals surface area (Å²) in [5.41, 5.74) is 2.22. The molecule has 0 bridgehead atoms. The Hall–Kier alpha value is -1.39. The summed E-state index contributed by atoms with van der Waals surface area (Å²) in [6.07, 6.45) is 7.55. The standard InChI is InChI=1S/C17H19ClF2N2/c18-9-8-14(22-11-17(19,20)12-22)5-3-4-13-10-21-16-7-2-1-6-15(13)16/h1-4,6-7,10,14,21H,5,8-9,11-12H2. The molecule has 2 aromatic rings. The van der Waals surface area contributed by atoms with Crippen molar-refractivity contribution in [1.82, 2.24) is 9.88 Å². The minimum absolute atomic E-state index is 0.0959. The molecular formula is C17H19ClF2N2. The molecule has 2 nitrogen and oxygen atoms in total. The van der Waals surface area contributed by atoms with Crippen molar-refractivity contribution in [1.29, 1.82) is 0 Å². The second-order valence-electron chi connectivity index (χ2n) is 5.82. The van der Waals surface area contributed by atoms with E-state index in [0.29, 0.717) is 5.88 Å². The SMILES string of the molecule is FC1(F)CN(C(CC=Cc2c[nH]c3ccccc23)CCCl)C1. The Kier molecular flexibility index (Phi) is 4.50. The molecule has 0 amide bonds. The van der Waals surface area contributed by atoms with Gasteiger partial charge < -0.3 is 4.98 Å². The number of aromatic nitrogens is 1. The van der Waals surface area contributed by atoms with Crippen molar-refractivity contribution in [3.8, 4) is 0 Å². The number of benzene rings is 1. The summed E-state index contributed by atoms with van der Waals surface area (Å²) in [6, 6.07) is 8.19. The molecule has 1 aromatic carbocycles. The van der Waals surface area contributed by atoms with E-state index < -0.39 is 5.92 Å². The molecule has 0 radical (unpaired) electrons. The second kappa shape index (κ2) is 6.39. The smallest absolute Gasteiger partial charge is 0.272 e. The lowest BCUT2D eigenvalue weighted by Crippen LogP contribution is -2.59. The summed E-state index contributed by atoms with van der Waals surface area (Å²) >= 11 is 5.81. The van der Waals surface area contributed by atoms with Gasteiger partial charge in [-0.15, -0.1) is 11.6 Å². The van der Waals surface area contributed by atoms with Crippen molar-refractivity contribution in [3.63, 3.8) is 0 Å². The van der Waals surface area contributed by atoms with Gasteiger partial charge in [0.2, 0.25) is 0 Å². The highest BCUT2D eigenvalue weighted by atomic mass is 35.5. The maximum absolute atomic E-state index is 13.0. The summed E-state index contributed by atoms with van der Waals surface area (Å²) in [5.74, 6) is -2.03. The van der Waals surface area contributed by atoms with Gasteiger partial charge in [0.1, 0.15) is 0 Å². The van der Waals surface area contributed by atoms with E-state index in [2.05, 4.69) is 23.2 Å². The van der Waals surface area contributed by atoms with Gasteiger partial charge in [-0.25, -0.2) is 8.78 Å². The predicted molar refractivity (Wildman–Crippen MR) is 87.6 cm³/mol. The molecule has 2 heterocycles. The van der Waals surface area contributed by atoms with Crippen molar-refractivity contribution < 1.29 is 8.78 Å².